The zero-order valence-electron chi connectivity index (χ0n) is 39.6. The molecule has 6 rings (SSSR count). The van der Waals surface area contributed by atoms with Crippen LogP contribution in [0.15, 0.2) is 84.9 Å². The second kappa shape index (κ2) is 21.9. The average molecular weight is 879 g/mol. The minimum atomic E-state index is -0.775. The molecule has 0 radical (unpaired) electrons. The normalized spacial score (nSPS) is 28.4. The Morgan fingerprint density at radius 1 is 0.562 bits per heavy atom. The summed E-state index contributed by atoms with van der Waals surface area (Å²) < 4.78 is 23.6. The summed E-state index contributed by atoms with van der Waals surface area (Å²) in [6.45, 7) is 14.9. The standard InChI is InChI=1S/C54H74N2O8/c1-35-45(34-38-20-13-10-14-21-38)41(22-15-26-46(49(57)61-35)55-51(59)63-53(3,4)5)32-39-28-30-40(31-29-39)43-24-17-25-44(43)48-36(2)62-50(58)47(56-52(60)64-54(6,7)8)27-16-23-42(48)33-37-18-11-9-12-19-37/h9-14,18-21,28-31,35-36,41-48H,15-17,22-27,32-34H2,1-8H3,(H,55,59)(H,56,60)/t35-,36-,41+,42+,43?,44?,45-,46-,47-,48-/m0/s1. The van der Waals surface area contributed by atoms with Gasteiger partial charge in [-0.3, -0.25) is 0 Å². The highest BCUT2D eigenvalue weighted by molar-refractivity contribution is 5.82. The minimum Gasteiger partial charge on any atom is -0.461 e. The topological polar surface area (TPSA) is 129 Å². The van der Waals surface area contributed by atoms with E-state index in [1.165, 1.54) is 22.3 Å². The number of rotatable bonds is 10. The molecule has 0 spiro atoms. The van der Waals surface area contributed by atoms with E-state index in [2.05, 4.69) is 96.4 Å². The first-order valence-electron chi connectivity index (χ1n) is 24.0. The molecule has 64 heavy (non-hydrogen) atoms. The van der Waals surface area contributed by atoms with Crippen LogP contribution >= 0.6 is 0 Å². The van der Waals surface area contributed by atoms with Crippen molar-refractivity contribution < 1.29 is 38.1 Å². The summed E-state index contributed by atoms with van der Waals surface area (Å²) in [5.41, 5.74) is 3.70. The summed E-state index contributed by atoms with van der Waals surface area (Å²) in [5.74, 6) is 0.549. The van der Waals surface area contributed by atoms with E-state index in [1.807, 2.05) is 33.8 Å². The molecule has 10 atom stereocenters. The van der Waals surface area contributed by atoms with Gasteiger partial charge in [-0.1, -0.05) is 104 Å². The monoisotopic (exact) mass is 879 g/mol. The van der Waals surface area contributed by atoms with Crippen LogP contribution in [0.3, 0.4) is 0 Å². The predicted octanol–water partition coefficient (Wildman–Crippen LogP) is 11.1. The molecule has 1 aliphatic carbocycles. The Balaban J connectivity index is 1.21. The molecule has 2 aliphatic heterocycles. The molecule has 2 heterocycles. The fourth-order valence-electron chi connectivity index (χ4n) is 10.8. The summed E-state index contributed by atoms with van der Waals surface area (Å²) >= 11 is 0. The number of ether oxygens (including phenoxy) is 4. The summed E-state index contributed by atoms with van der Waals surface area (Å²) in [5, 5.41) is 5.62. The lowest BCUT2D eigenvalue weighted by molar-refractivity contribution is -0.155. The van der Waals surface area contributed by atoms with Crippen molar-refractivity contribution in [2.75, 3.05) is 0 Å². The summed E-state index contributed by atoms with van der Waals surface area (Å²) in [6, 6.07) is 28.7. The summed E-state index contributed by atoms with van der Waals surface area (Å²) in [6.07, 6.45) is 8.15. The lowest BCUT2D eigenvalue weighted by atomic mass is 9.69. The van der Waals surface area contributed by atoms with E-state index in [9.17, 15) is 19.2 Å². The number of benzene rings is 3. The maximum Gasteiger partial charge on any atom is 0.408 e. The number of carbonyl (C=O) groups is 4. The van der Waals surface area contributed by atoms with Gasteiger partial charge in [-0.15, -0.1) is 0 Å². The molecule has 2 N–H and O–H groups in total. The van der Waals surface area contributed by atoms with Crippen molar-refractivity contribution in [3.63, 3.8) is 0 Å². The highest BCUT2D eigenvalue weighted by Crippen LogP contribution is 2.49. The van der Waals surface area contributed by atoms with Crippen LogP contribution in [0.1, 0.15) is 141 Å². The third-order valence-corrected chi connectivity index (χ3v) is 13.6. The molecule has 0 aromatic heterocycles. The summed E-state index contributed by atoms with van der Waals surface area (Å²) in [4.78, 5) is 52.9. The zero-order valence-corrected chi connectivity index (χ0v) is 39.6. The lowest BCUT2D eigenvalue weighted by Gasteiger charge is -2.38. The molecule has 348 valence electrons. The second-order valence-corrected chi connectivity index (χ2v) is 20.8. The molecule has 3 fully saturated rings. The molecule has 10 heteroatoms. The van der Waals surface area contributed by atoms with Crippen molar-refractivity contribution in [2.24, 2.45) is 29.6 Å². The van der Waals surface area contributed by atoms with Crippen molar-refractivity contribution >= 4 is 24.1 Å². The molecule has 2 amide bonds. The molecule has 3 aromatic carbocycles. The van der Waals surface area contributed by atoms with Gasteiger partial charge in [0.2, 0.25) is 0 Å². The number of esters is 2. The predicted molar refractivity (Wildman–Crippen MR) is 250 cm³/mol. The van der Waals surface area contributed by atoms with Gasteiger partial charge in [-0.2, -0.15) is 0 Å². The van der Waals surface area contributed by atoms with E-state index in [4.69, 9.17) is 18.9 Å². The third-order valence-electron chi connectivity index (χ3n) is 13.6. The Morgan fingerprint density at radius 3 is 1.55 bits per heavy atom. The van der Waals surface area contributed by atoms with E-state index >= 15 is 0 Å². The van der Waals surface area contributed by atoms with E-state index in [0.717, 1.165) is 64.2 Å². The number of nitrogens with one attached hydrogen (secondary N) is 2. The molecule has 3 aliphatic rings. The largest absolute Gasteiger partial charge is 0.461 e. The number of carbonyl (C=O) groups excluding carboxylic acids is 4. The fraction of sp³-hybridized carbons (Fsp3) is 0.593. The van der Waals surface area contributed by atoms with Crippen LogP contribution in [-0.4, -0.2) is 59.6 Å². The highest BCUT2D eigenvalue weighted by atomic mass is 16.6. The molecule has 2 saturated heterocycles. The van der Waals surface area contributed by atoms with Crippen LogP contribution in [-0.2, 0) is 47.8 Å². The first-order valence-corrected chi connectivity index (χ1v) is 24.0. The SMILES string of the molecule is C[C@@H]1OC(=O)[C@@H](NC(=O)OC(C)(C)C)CCC[C@H](Cc2ccc(C3CCCC3[C@@H]3[C@@H](Cc4ccccc4)CCC[C@H](NC(=O)OC(C)(C)C)C(=O)O[C@H]3C)cc2)[C@H]1Cc1ccccc1. The Labute approximate surface area is 382 Å². The number of alkyl carbamates (subject to hydrolysis) is 2. The maximum absolute atomic E-state index is 13.8. The van der Waals surface area contributed by atoms with Crippen LogP contribution in [0.4, 0.5) is 9.59 Å². The molecule has 1 saturated carbocycles. The quantitative estimate of drug-likeness (QED) is 0.152. The Bertz CT molecular complexity index is 1970. The van der Waals surface area contributed by atoms with Gasteiger partial charge in [0.05, 0.1) is 0 Å². The van der Waals surface area contributed by atoms with Gasteiger partial charge in [0.15, 0.2) is 0 Å². The maximum atomic E-state index is 13.8. The van der Waals surface area contributed by atoms with Gasteiger partial charge in [0.1, 0.15) is 35.5 Å². The Kier molecular flexibility index (Phi) is 16.6. The van der Waals surface area contributed by atoms with Crippen LogP contribution in [0.25, 0.3) is 0 Å². The van der Waals surface area contributed by atoms with Crippen molar-refractivity contribution in [2.45, 2.75) is 174 Å². The first kappa shape index (κ1) is 48.6. The van der Waals surface area contributed by atoms with Gasteiger partial charge < -0.3 is 29.6 Å². The average Bonchev–Trinajstić information content (AvgIpc) is 3.72. The van der Waals surface area contributed by atoms with Crippen molar-refractivity contribution in [1.29, 1.82) is 0 Å². The van der Waals surface area contributed by atoms with E-state index in [1.54, 1.807) is 20.8 Å². The minimum absolute atomic E-state index is 0.0681. The highest BCUT2D eigenvalue weighted by Gasteiger charge is 2.44. The molecule has 2 unspecified atom stereocenters. The van der Waals surface area contributed by atoms with Crippen molar-refractivity contribution in [1.82, 2.24) is 10.6 Å². The third kappa shape index (κ3) is 14.1. The van der Waals surface area contributed by atoms with Crippen LogP contribution in [0, 0.1) is 29.6 Å². The second-order valence-electron chi connectivity index (χ2n) is 20.8. The van der Waals surface area contributed by atoms with Crippen molar-refractivity contribution in [3.05, 3.63) is 107 Å². The number of amides is 2. The van der Waals surface area contributed by atoms with E-state index in [-0.39, 0.29) is 35.9 Å². The van der Waals surface area contributed by atoms with E-state index in [0.29, 0.717) is 24.7 Å². The van der Waals surface area contributed by atoms with Crippen LogP contribution in [0.5, 0.6) is 0 Å². The van der Waals surface area contributed by atoms with Gasteiger partial charge >= 0.3 is 24.1 Å². The van der Waals surface area contributed by atoms with Crippen LogP contribution < -0.4 is 10.6 Å². The molecular formula is C54H74N2O8. The van der Waals surface area contributed by atoms with Crippen molar-refractivity contribution in [3.8, 4) is 0 Å². The molecule has 0 bridgehead atoms. The number of hydrogen-bond acceptors (Lipinski definition) is 8. The van der Waals surface area contributed by atoms with Gasteiger partial charge in [0.25, 0.3) is 0 Å². The van der Waals surface area contributed by atoms with Gasteiger partial charge in [-0.25, -0.2) is 19.2 Å². The molecular weight excluding hydrogens is 805 g/mol. The van der Waals surface area contributed by atoms with Crippen LogP contribution in [0.2, 0.25) is 0 Å². The summed E-state index contributed by atoms with van der Waals surface area (Å²) in [7, 11) is 0. The zero-order chi connectivity index (χ0) is 46.0. The number of hydrogen-bond donors (Lipinski definition) is 2. The number of cyclic esters (lactones) is 2. The lowest BCUT2D eigenvalue weighted by Crippen LogP contribution is -2.45. The Morgan fingerprint density at radius 2 is 1.02 bits per heavy atom. The fourth-order valence-corrected chi connectivity index (χ4v) is 10.8. The molecule has 10 nitrogen and oxygen atoms in total. The van der Waals surface area contributed by atoms with Gasteiger partial charge in [0, 0.05) is 11.8 Å². The van der Waals surface area contributed by atoms with E-state index < -0.39 is 47.4 Å². The van der Waals surface area contributed by atoms with Gasteiger partial charge in [-0.05, 0) is 159 Å². The smallest absolute Gasteiger partial charge is 0.408 e. The Hall–Kier alpha value is -4.86. The first-order chi connectivity index (χ1) is 30.4. The molecule has 3 aromatic rings.